The molecule has 0 aromatic heterocycles. The normalized spacial score (nSPS) is 23.8. The van der Waals surface area contributed by atoms with Crippen molar-refractivity contribution in [3.05, 3.63) is 158 Å². The van der Waals surface area contributed by atoms with E-state index in [1.54, 1.807) is 6.08 Å². The van der Waals surface area contributed by atoms with Gasteiger partial charge in [0.1, 0.15) is 48.8 Å². The van der Waals surface area contributed by atoms with Crippen LogP contribution in [0.5, 0.6) is 0 Å². The van der Waals surface area contributed by atoms with E-state index >= 15 is 0 Å². The molecule has 0 spiro atoms. The van der Waals surface area contributed by atoms with Gasteiger partial charge in [0.05, 0.1) is 32.0 Å². The molecule has 0 saturated carbocycles. The third kappa shape index (κ3) is 43.3. The number of carbonyl (C=O) groups excluding carboxylic acids is 1. The van der Waals surface area contributed by atoms with Crippen LogP contribution in [0.3, 0.4) is 0 Å². The number of hydrogen-bond donors (Lipinski definition) is 9. The number of unbranched alkanes of at least 4 members (excludes halogenated alkanes) is 18. The van der Waals surface area contributed by atoms with Gasteiger partial charge in [0.2, 0.25) is 5.91 Å². The van der Waals surface area contributed by atoms with Gasteiger partial charge in [-0.25, -0.2) is 0 Å². The Hall–Kier alpha value is -4.39. The van der Waals surface area contributed by atoms with Crippen molar-refractivity contribution in [2.24, 2.45) is 0 Å². The molecule has 0 aromatic carbocycles. The van der Waals surface area contributed by atoms with Crippen LogP contribution in [0.25, 0.3) is 0 Å². The molecule has 0 bridgehead atoms. The number of hydrogen-bond acceptors (Lipinski definition) is 13. The summed E-state index contributed by atoms with van der Waals surface area (Å²) in [6, 6.07) is -0.963. The minimum atomic E-state index is -1.80. The monoisotopic (exact) mass is 1270 g/mol. The minimum absolute atomic E-state index is 0.223. The highest BCUT2D eigenvalue weighted by molar-refractivity contribution is 5.76. The zero-order valence-corrected chi connectivity index (χ0v) is 56.0. The van der Waals surface area contributed by atoms with Crippen LogP contribution in [0.1, 0.15) is 226 Å². The van der Waals surface area contributed by atoms with Crippen molar-refractivity contribution in [1.29, 1.82) is 0 Å². The molecule has 2 fully saturated rings. The average molecular weight is 1270 g/mol. The molecule has 0 radical (unpaired) electrons. The third-order valence-corrected chi connectivity index (χ3v) is 15.9. The largest absolute Gasteiger partial charge is 0.394 e. The summed E-state index contributed by atoms with van der Waals surface area (Å²) < 4.78 is 22.8. The van der Waals surface area contributed by atoms with Gasteiger partial charge in [-0.15, -0.1) is 0 Å². The number of carbonyl (C=O) groups is 1. The molecular weight excluding hydrogens is 1150 g/mol. The van der Waals surface area contributed by atoms with E-state index in [-0.39, 0.29) is 18.9 Å². The summed E-state index contributed by atoms with van der Waals surface area (Å²) in [5.41, 5.74) is 0. The molecule has 2 saturated heterocycles. The van der Waals surface area contributed by atoms with Crippen molar-refractivity contribution in [2.75, 3.05) is 19.8 Å². The Bertz CT molecular complexity index is 2140. The van der Waals surface area contributed by atoms with E-state index in [0.29, 0.717) is 12.8 Å². The summed E-state index contributed by atoms with van der Waals surface area (Å²) in [4.78, 5) is 13.3. The van der Waals surface area contributed by atoms with E-state index in [9.17, 15) is 45.6 Å². The molecule has 0 aliphatic carbocycles. The molecule has 9 N–H and O–H groups in total. The van der Waals surface area contributed by atoms with E-state index in [1.165, 1.54) is 89.9 Å². The number of ether oxygens (including phenoxy) is 4. The summed E-state index contributed by atoms with van der Waals surface area (Å²) in [6.45, 7) is 2.64. The standard InChI is InChI=1S/C77H125NO13/c1-3-5-7-9-11-13-15-17-19-21-23-25-26-27-28-29-30-31-32-33-34-35-36-37-38-39-40-41-43-45-47-49-51-53-55-57-59-61-69(82)78-65(66(81)60-58-56-54-52-50-48-46-44-42-24-22-20-18-16-14-12-10-8-6-4-2)64-88-76-74(87)72(85)75(68(63-80)90-76)91-77-73(86)71(84)70(83)67(62-79)89-77/h5,7,11,13,17,19,23,25,27-28,30-31,33-34,36-37,39-40,43,45,49-52,58,60,65-68,70-77,79-81,83-87H,3-4,6,8-10,12,14-16,18,20-22,24,26,29,32,35,38,41-42,44,46-48,53-57,59,61-64H2,1-2H3,(H,78,82)/b7-5-,13-11-,19-17-,25-23-,28-27-,31-30-,34-33-,37-36-,40-39-,45-43-,51-49-,52-50+,60-58+. The van der Waals surface area contributed by atoms with Crippen LogP contribution in [-0.2, 0) is 23.7 Å². The SMILES string of the molecule is CC/C=C\C/C=C\C/C=C\C/C=C\C/C=C\C/C=C\C/C=C\C/C=C\C/C=C\C/C=C\C/C=C\CCCCCC(=O)NC(COC1OC(CO)C(OC2OC(CO)C(O)C(O)C2O)C(O)C1O)C(O)/C=C/CC/C=C/CCCCCCCCCCCCCCCC. The molecule has 0 aromatic rings. The Kier molecular flexibility index (Phi) is 53.9. The average Bonchev–Trinajstić information content (AvgIpc) is 1.04. The molecule has 2 heterocycles. The highest BCUT2D eigenvalue weighted by Crippen LogP contribution is 2.30. The molecule has 12 atom stereocenters. The fraction of sp³-hybridized carbons (Fsp3) is 0.649. The number of rotatable bonds is 55. The van der Waals surface area contributed by atoms with E-state index < -0.39 is 86.8 Å². The number of allylic oxidation sites excluding steroid dienone is 25. The topological polar surface area (TPSA) is 228 Å². The smallest absolute Gasteiger partial charge is 0.220 e. The van der Waals surface area contributed by atoms with Gasteiger partial charge in [0.15, 0.2) is 12.6 Å². The molecule has 14 heteroatoms. The van der Waals surface area contributed by atoms with E-state index in [0.717, 1.165) is 103 Å². The quantitative estimate of drug-likeness (QED) is 0.0204. The van der Waals surface area contributed by atoms with E-state index in [1.807, 2.05) is 6.08 Å². The first kappa shape index (κ1) is 82.7. The summed E-state index contributed by atoms with van der Waals surface area (Å²) in [7, 11) is 0. The molecule has 2 aliphatic heterocycles. The van der Waals surface area contributed by atoms with Crippen LogP contribution < -0.4 is 5.32 Å². The summed E-state index contributed by atoms with van der Waals surface area (Å²) in [5, 5.41) is 87.3. The molecule has 91 heavy (non-hydrogen) atoms. The Morgan fingerprint density at radius 3 is 1.21 bits per heavy atom. The second-order valence-corrected chi connectivity index (χ2v) is 23.9. The maximum absolute atomic E-state index is 13.3. The van der Waals surface area contributed by atoms with Gasteiger partial charge in [0.25, 0.3) is 0 Å². The summed E-state index contributed by atoms with van der Waals surface area (Å²) in [6.07, 6.45) is 74.3. The van der Waals surface area contributed by atoms with Gasteiger partial charge in [-0.2, -0.15) is 0 Å². The molecule has 516 valence electrons. The van der Waals surface area contributed by atoms with Gasteiger partial charge in [-0.3, -0.25) is 4.79 Å². The van der Waals surface area contributed by atoms with Crippen LogP contribution in [0.4, 0.5) is 0 Å². The van der Waals surface area contributed by atoms with Crippen molar-refractivity contribution in [3.8, 4) is 0 Å². The number of aliphatic hydroxyl groups excluding tert-OH is 8. The maximum atomic E-state index is 13.3. The zero-order valence-electron chi connectivity index (χ0n) is 56.0. The molecule has 2 aliphatic rings. The minimum Gasteiger partial charge on any atom is -0.394 e. The van der Waals surface area contributed by atoms with Crippen LogP contribution in [-0.4, -0.2) is 140 Å². The van der Waals surface area contributed by atoms with Gasteiger partial charge in [-0.05, 0) is 116 Å². The van der Waals surface area contributed by atoms with Crippen molar-refractivity contribution >= 4 is 5.91 Å². The lowest BCUT2D eigenvalue weighted by atomic mass is 9.97. The summed E-state index contributed by atoms with van der Waals surface area (Å²) in [5.74, 6) is -0.287. The molecule has 14 nitrogen and oxygen atoms in total. The second kappa shape index (κ2) is 59.4. The van der Waals surface area contributed by atoms with Crippen LogP contribution in [0, 0.1) is 0 Å². The van der Waals surface area contributed by atoms with Gasteiger partial charge < -0.3 is 65.1 Å². The first-order valence-corrected chi connectivity index (χ1v) is 35.2. The lowest BCUT2D eigenvalue weighted by Crippen LogP contribution is -2.65. The number of amides is 1. The first-order valence-electron chi connectivity index (χ1n) is 35.2. The van der Waals surface area contributed by atoms with Gasteiger partial charge in [-0.1, -0.05) is 262 Å². The van der Waals surface area contributed by atoms with Crippen molar-refractivity contribution < 1.29 is 64.6 Å². The maximum Gasteiger partial charge on any atom is 0.220 e. The fourth-order valence-electron chi connectivity index (χ4n) is 10.4. The van der Waals surface area contributed by atoms with Crippen molar-refractivity contribution in [2.45, 2.75) is 299 Å². The molecular formula is C77H125NO13. The molecule has 12 unspecified atom stereocenters. The van der Waals surface area contributed by atoms with Gasteiger partial charge >= 0.3 is 0 Å². The van der Waals surface area contributed by atoms with Crippen molar-refractivity contribution in [1.82, 2.24) is 5.32 Å². The van der Waals surface area contributed by atoms with Gasteiger partial charge in [0, 0.05) is 6.42 Å². The Balaban J connectivity index is 1.71. The van der Waals surface area contributed by atoms with Crippen LogP contribution in [0.15, 0.2) is 158 Å². The fourth-order valence-corrected chi connectivity index (χ4v) is 10.4. The van der Waals surface area contributed by atoms with Crippen LogP contribution in [0.2, 0.25) is 0 Å². The van der Waals surface area contributed by atoms with Crippen LogP contribution >= 0.6 is 0 Å². The number of aliphatic hydroxyl groups is 8. The zero-order chi connectivity index (χ0) is 65.9. The lowest BCUT2D eigenvalue weighted by Gasteiger charge is -2.46. The molecule has 1 amide bonds. The number of nitrogens with one attached hydrogen (secondary N) is 1. The Morgan fingerprint density at radius 2 is 0.769 bits per heavy atom. The predicted molar refractivity (Wildman–Crippen MR) is 373 cm³/mol. The second-order valence-electron chi connectivity index (χ2n) is 23.9. The lowest BCUT2D eigenvalue weighted by molar-refractivity contribution is -0.359. The Labute approximate surface area is 550 Å². The third-order valence-electron chi connectivity index (χ3n) is 15.9. The Morgan fingerprint density at radius 1 is 0.407 bits per heavy atom. The molecule has 2 rings (SSSR count). The first-order chi connectivity index (χ1) is 44.6. The van der Waals surface area contributed by atoms with E-state index in [4.69, 9.17) is 18.9 Å². The van der Waals surface area contributed by atoms with E-state index in [2.05, 4.69) is 165 Å². The summed E-state index contributed by atoms with van der Waals surface area (Å²) >= 11 is 0. The highest BCUT2D eigenvalue weighted by atomic mass is 16.7. The predicted octanol–water partition coefficient (Wildman–Crippen LogP) is 14.6. The highest BCUT2D eigenvalue weighted by Gasteiger charge is 2.51. The van der Waals surface area contributed by atoms with Crippen molar-refractivity contribution in [3.63, 3.8) is 0 Å².